The van der Waals surface area contributed by atoms with E-state index < -0.39 is 18.0 Å². The summed E-state index contributed by atoms with van der Waals surface area (Å²) in [5, 5.41) is 5.88. The van der Waals surface area contributed by atoms with E-state index in [0.29, 0.717) is 22.0 Å². The molecule has 0 saturated heterocycles. The number of hydrogen-bond acceptors (Lipinski definition) is 6. The molecule has 2 rings (SSSR count). The summed E-state index contributed by atoms with van der Waals surface area (Å²) in [6.45, 7) is 3.42. The molecule has 122 valence electrons. The second-order valence-electron chi connectivity index (χ2n) is 4.79. The Balaban J connectivity index is 2.54. The van der Waals surface area contributed by atoms with Gasteiger partial charge in [-0.25, -0.2) is 9.59 Å². The third-order valence-corrected chi connectivity index (χ3v) is 3.44. The van der Waals surface area contributed by atoms with Gasteiger partial charge in [0.25, 0.3) is 0 Å². The number of nitroso groups, excluding NO2 is 1. The van der Waals surface area contributed by atoms with E-state index in [1.54, 1.807) is 38.1 Å². The van der Waals surface area contributed by atoms with Crippen molar-refractivity contribution in [3.63, 3.8) is 0 Å². The van der Waals surface area contributed by atoms with Gasteiger partial charge < -0.3 is 14.8 Å². The van der Waals surface area contributed by atoms with E-state index in [0.717, 1.165) is 0 Å². The number of urea groups is 1. The van der Waals surface area contributed by atoms with Gasteiger partial charge in [-0.2, -0.15) is 5.01 Å². The molecule has 8 heteroatoms. The van der Waals surface area contributed by atoms with Crippen molar-refractivity contribution < 1.29 is 19.1 Å². The quantitative estimate of drug-likeness (QED) is 0.663. The Morgan fingerprint density at radius 1 is 1.35 bits per heavy atom. The molecule has 0 saturated carbocycles. The van der Waals surface area contributed by atoms with E-state index in [1.165, 1.54) is 7.11 Å². The Bertz CT molecular complexity index is 654. The number of ether oxygens (including phenoxy) is 2. The molecule has 1 aliphatic heterocycles. The highest BCUT2D eigenvalue weighted by Gasteiger charge is 2.39. The maximum absolute atomic E-state index is 12.3. The van der Waals surface area contributed by atoms with Crippen LogP contribution >= 0.6 is 0 Å². The van der Waals surface area contributed by atoms with Crippen molar-refractivity contribution in [2.75, 3.05) is 13.7 Å². The minimum atomic E-state index is -0.953. The average Bonchev–Trinajstić information content (AvgIpc) is 2.54. The summed E-state index contributed by atoms with van der Waals surface area (Å²) in [6.07, 6.45) is 0. The lowest BCUT2D eigenvalue weighted by molar-refractivity contribution is -0.139. The number of methoxy groups -OCH3 is 1. The van der Waals surface area contributed by atoms with Crippen molar-refractivity contribution in [3.05, 3.63) is 46.0 Å². The Morgan fingerprint density at radius 3 is 2.52 bits per heavy atom. The second-order valence-corrected chi connectivity index (χ2v) is 4.79. The summed E-state index contributed by atoms with van der Waals surface area (Å²) in [5.41, 5.74) is 1.04. The molecule has 1 atom stereocenters. The van der Waals surface area contributed by atoms with Crippen LogP contribution in [0.3, 0.4) is 0 Å². The average molecular weight is 319 g/mol. The first-order valence-corrected chi connectivity index (χ1v) is 6.98. The van der Waals surface area contributed by atoms with Crippen molar-refractivity contribution in [1.82, 2.24) is 10.3 Å². The summed E-state index contributed by atoms with van der Waals surface area (Å²) >= 11 is 0. The normalized spacial score (nSPS) is 17.6. The molecule has 0 spiro atoms. The van der Waals surface area contributed by atoms with Crippen LogP contribution in [0, 0.1) is 4.91 Å². The fourth-order valence-corrected chi connectivity index (χ4v) is 2.38. The first-order valence-electron chi connectivity index (χ1n) is 6.98. The van der Waals surface area contributed by atoms with E-state index in [-0.39, 0.29) is 12.2 Å². The largest absolute Gasteiger partial charge is 0.497 e. The fraction of sp³-hybridized carbons (Fsp3) is 0.333. The molecular formula is C15H17N3O5. The number of carbonyl (C=O) groups excluding carboxylic acids is 2. The van der Waals surface area contributed by atoms with E-state index in [1.807, 2.05) is 0 Å². The van der Waals surface area contributed by atoms with Crippen molar-refractivity contribution in [2.24, 2.45) is 5.29 Å². The lowest BCUT2D eigenvalue weighted by atomic mass is 9.95. The van der Waals surface area contributed by atoms with Gasteiger partial charge in [0.2, 0.25) is 0 Å². The number of hydrogen-bond donors (Lipinski definition) is 1. The van der Waals surface area contributed by atoms with E-state index in [2.05, 4.69) is 10.6 Å². The van der Waals surface area contributed by atoms with Crippen LogP contribution in [0.4, 0.5) is 4.79 Å². The molecular weight excluding hydrogens is 302 g/mol. The number of nitrogens with one attached hydrogen (secondary N) is 1. The van der Waals surface area contributed by atoms with Crippen molar-refractivity contribution in [2.45, 2.75) is 19.9 Å². The minimum absolute atomic E-state index is 0.163. The molecule has 0 aromatic heterocycles. The van der Waals surface area contributed by atoms with Gasteiger partial charge in [0.15, 0.2) is 0 Å². The molecule has 0 bridgehead atoms. The summed E-state index contributed by atoms with van der Waals surface area (Å²) in [6, 6.07) is 5.00. The maximum Gasteiger partial charge on any atom is 0.345 e. The van der Waals surface area contributed by atoms with Gasteiger partial charge >= 0.3 is 12.0 Å². The van der Waals surface area contributed by atoms with Gasteiger partial charge in [-0.1, -0.05) is 12.1 Å². The van der Waals surface area contributed by atoms with Crippen LogP contribution in [-0.2, 0) is 9.53 Å². The van der Waals surface area contributed by atoms with Crippen LogP contribution in [-0.4, -0.2) is 30.7 Å². The highest BCUT2D eigenvalue weighted by molar-refractivity contribution is 5.94. The smallest absolute Gasteiger partial charge is 0.345 e. The van der Waals surface area contributed by atoms with Gasteiger partial charge in [0.05, 0.1) is 24.6 Å². The summed E-state index contributed by atoms with van der Waals surface area (Å²) in [5.74, 6) is -0.00234. The number of esters is 1. The maximum atomic E-state index is 12.3. The summed E-state index contributed by atoms with van der Waals surface area (Å²) in [7, 11) is 1.52. The lowest BCUT2D eigenvalue weighted by Gasteiger charge is -2.32. The molecule has 1 heterocycles. The summed E-state index contributed by atoms with van der Waals surface area (Å²) < 4.78 is 10.1. The highest BCUT2D eigenvalue weighted by atomic mass is 16.5. The Morgan fingerprint density at radius 2 is 2.00 bits per heavy atom. The topological polar surface area (TPSA) is 97.3 Å². The predicted octanol–water partition coefficient (Wildman–Crippen LogP) is 2.28. The van der Waals surface area contributed by atoms with Crippen molar-refractivity contribution in [1.29, 1.82) is 0 Å². The molecule has 1 N–H and O–H groups in total. The minimum Gasteiger partial charge on any atom is -0.497 e. The van der Waals surface area contributed by atoms with Crippen LogP contribution in [0.2, 0.25) is 0 Å². The molecule has 0 radical (unpaired) electrons. The molecule has 0 aliphatic carbocycles. The highest BCUT2D eigenvalue weighted by Crippen LogP contribution is 2.35. The number of benzene rings is 1. The third-order valence-electron chi connectivity index (χ3n) is 3.44. The molecule has 1 aliphatic rings. The SMILES string of the molecule is CCOC(=O)C1=C(C)NC(=O)N(N=O)C1c1ccc(OC)cc1. The first-order chi connectivity index (χ1) is 11.0. The number of nitrogens with zero attached hydrogens (tertiary/aromatic N) is 2. The molecule has 0 fully saturated rings. The molecule has 23 heavy (non-hydrogen) atoms. The van der Waals surface area contributed by atoms with E-state index in [9.17, 15) is 14.5 Å². The van der Waals surface area contributed by atoms with Crippen LogP contribution in [0.25, 0.3) is 0 Å². The number of amides is 2. The van der Waals surface area contributed by atoms with Gasteiger partial charge in [-0.15, -0.1) is 4.91 Å². The third kappa shape index (κ3) is 3.15. The molecule has 1 aromatic rings. The Kier molecular flexibility index (Phi) is 4.95. The molecule has 1 aromatic carbocycles. The monoisotopic (exact) mass is 319 g/mol. The van der Waals surface area contributed by atoms with Crippen LogP contribution in [0.1, 0.15) is 25.5 Å². The van der Waals surface area contributed by atoms with E-state index >= 15 is 0 Å². The zero-order valence-electron chi connectivity index (χ0n) is 13.0. The zero-order chi connectivity index (χ0) is 17.0. The second kappa shape index (κ2) is 6.91. The van der Waals surface area contributed by atoms with Crippen LogP contribution in [0.5, 0.6) is 5.75 Å². The first kappa shape index (κ1) is 16.5. The standard InChI is InChI=1S/C15H17N3O5/c1-4-23-14(19)12-9(2)16-15(20)18(17-21)13(12)10-5-7-11(22-3)8-6-10/h5-8,13H,4H2,1-3H3,(H,16,20). The predicted molar refractivity (Wildman–Crippen MR) is 81.2 cm³/mol. The van der Waals surface area contributed by atoms with E-state index in [4.69, 9.17) is 9.47 Å². The van der Waals surface area contributed by atoms with Gasteiger partial charge in [-0.3, -0.25) is 0 Å². The zero-order valence-corrected chi connectivity index (χ0v) is 13.0. The van der Waals surface area contributed by atoms with Gasteiger partial charge in [0.1, 0.15) is 11.8 Å². The number of allylic oxidation sites excluding steroid dienone is 1. The molecule has 8 nitrogen and oxygen atoms in total. The Hall–Kier alpha value is -2.90. The Labute approximate surface area is 133 Å². The van der Waals surface area contributed by atoms with Crippen molar-refractivity contribution in [3.8, 4) is 5.75 Å². The molecule has 2 amide bonds. The number of rotatable bonds is 5. The number of carbonyl (C=O) groups is 2. The van der Waals surface area contributed by atoms with Gasteiger partial charge in [-0.05, 0) is 31.5 Å². The summed E-state index contributed by atoms with van der Waals surface area (Å²) in [4.78, 5) is 35.4. The fourth-order valence-electron chi connectivity index (χ4n) is 2.38. The van der Waals surface area contributed by atoms with Crippen molar-refractivity contribution >= 4 is 12.0 Å². The van der Waals surface area contributed by atoms with Crippen LogP contribution < -0.4 is 10.1 Å². The van der Waals surface area contributed by atoms with Crippen LogP contribution in [0.15, 0.2) is 40.8 Å². The lowest BCUT2D eigenvalue weighted by Crippen LogP contribution is -2.45. The van der Waals surface area contributed by atoms with Gasteiger partial charge in [0, 0.05) is 5.70 Å². The molecule has 1 unspecified atom stereocenters.